The third kappa shape index (κ3) is 1.90. The summed E-state index contributed by atoms with van der Waals surface area (Å²) in [6, 6.07) is 10.9. The van der Waals surface area contributed by atoms with E-state index in [1.54, 1.807) is 12.1 Å². The van der Waals surface area contributed by atoms with Crippen molar-refractivity contribution >= 4 is 16.7 Å². The van der Waals surface area contributed by atoms with E-state index in [0.29, 0.717) is 12.0 Å². The molecular weight excluding hydrogens is 204 g/mol. The maximum absolute atomic E-state index is 11.1. The van der Waals surface area contributed by atoms with E-state index in [2.05, 4.69) is 0 Å². The first-order chi connectivity index (χ1) is 7.72. The Bertz CT molecular complexity index is 532. The Kier molecular flexibility index (Phi) is 2.88. The Morgan fingerprint density at radius 2 is 1.94 bits per heavy atom. The fourth-order valence-corrected chi connectivity index (χ4v) is 1.82. The smallest absolute Gasteiger partial charge is 0.336 e. The third-order valence-electron chi connectivity index (χ3n) is 2.55. The summed E-state index contributed by atoms with van der Waals surface area (Å²) in [7, 11) is 0. The number of carboxylic acids is 1. The third-order valence-corrected chi connectivity index (χ3v) is 2.55. The average Bonchev–Trinajstić information content (AvgIpc) is 2.28. The molecule has 0 aliphatic heterocycles. The van der Waals surface area contributed by atoms with Crippen LogP contribution >= 0.6 is 0 Å². The van der Waals surface area contributed by atoms with Crippen LogP contribution in [0.2, 0.25) is 0 Å². The predicted molar refractivity (Wildman–Crippen MR) is 61.7 cm³/mol. The summed E-state index contributed by atoms with van der Waals surface area (Å²) in [5, 5.41) is 19.6. The molecule has 3 heteroatoms. The lowest BCUT2D eigenvalue weighted by Crippen LogP contribution is -2.00. The standard InChI is InChI=1S/C13H12O3/c14-6-5-9-7-10-3-1-2-4-11(10)12(8-9)13(15)16/h1-4,7-8,14H,5-6H2,(H,15,16). The van der Waals surface area contributed by atoms with Gasteiger partial charge in [0.25, 0.3) is 0 Å². The van der Waals surface area contributed by atoms with Crippen molar-refractivity contribution in [2.45, 2.75) is 6.42 Å². The molecule has 82 valence electrons. The Labute approximate surface area is 93.0 Å². The fourth-order valence-electron chi connectivity index (χ4n) is 1.82. The molecule has 16 heavy (non-hydrogen) atoms. The zero-order chi connectivity index (χ0) is 11.5. The zero-order valence-corrected chi connectivity index (χ0v) is 8.68. The fraction of sp³-hybridized carbons (Fsp3) is 0.154. The minimum absolute atomic E-state index is 0.0252. The maximum atomic E-state index is 11.1. The summed E-state index contributed by atoms with van der Waals surface area (Å²) < 4.78 is 0. The molecule has 0 saturated heterocycles. The molecule has 2 aromatic rings. The molecule has 0 atom stereocenters. The minimum atomic E-state index is -0.934. The van der Waals surface area contributed by atoms with Gasteiger partial charge in [0.1, 0.15) is 0 Å². The number of hydrogen-bond acceptors (Lipinski definition) is 2. The van der Waals surface area contributed by atoms with Gasteiger partial charge in [-0.15, -0.1) is 0 Å². The Balaban J connectivity index is 2.68. The highest BCUT2D eigenvalue weighted by molar-refractivity contribution is 6.04. The first-order valence-corrected chi connectivity index (χ1v) is 5.08. The van der Waals surface area contributed by atoms with Crippen molar-refractivity contribution in [3.05, 3.63) is 47.5 Å². The lowest BCUT2D eigenvalue weighted by Gasteiger charge is -2.06. The maximum Gasteiger partial charge on any atom is 0.336 e. The van der Waals surface area contributed by atoms with Gasteiger partial charge in [0, 0.05) is 6.61 Å². The van der Waals surface area contributed by atoms with Gasteiger partial charge in [-0.3, -0.25) is 0 Å². The van der Waals surface area contributed by atoms with E-state index < -0.39 is 5.97 Å². The summed E-state index contributed by atoms with van der Waals surface area (Å²) in [6.45, 7) is 0.0252. The van der Waals surface area contributed by atoms with Crippen LogP contribution in [-0.4, -0.2) is 22.8 Å². The largest absolute Gasteiger partial charge is 0.478 e. The highest BCUT2D eigenvalue weighted by Gasteiger charge is 2.09. The zero-order valence-electron chi connectivity index (χ0n) is 8.68. The van der Waals surface area contributed by atoms with E-state index in [4.69, 9.17) is 10.2 Å². The van der Waals surface area contributed by atoms with Gasteiger partial charge in [-0.25, -0.2) is 4.79 Å². The van der Waals surface area contributed by atoms with E-state index in [-0.39, 0.29) is 6.61 Å². The molecule has 0 saturated carbocycles. The monoisotopic (exact) mass is 216 g/mol. The number of aliphatic hydroxyl groups excluding tert-OH is 1. The number of rotatable bonds is 3. The quantitative estimate of drug-likeness (QED) is 0.825. The normalized spacial score (nSPS) is 10.6. The van der Waals surface area contributed by atoms with Crippen LogP contribution in [0.3, 0.4) is 0 Å². The van der Waals surface area contributed by atoms with Gasteiger partial charge >= 0.3 is 5.97 Å². The molecule has 0 amide bonds. The number of hydrogen-bond donors (Lipinski definition) is 2. The van der Waals surface area contributed by atoms with Crippen molar-refractivity contribution in [1.29, 1.82) is 0 Å². The average molecular weight is 216 g/mol. The van der Waals surface area contributed by atoms with E-state index >= 15 is 0 Å². The van der Waals surface area contributed by atoms with Crippen LogP contribution in [0.5, 0.6) is 0 Å². The summed E-state index contributed by atoms with van der Waals surface area (Å²) in [5.74, 6) is -0.934. The molecule has 0 unspecified atom stereocenters. The number of aliphatic hydroxyl groups is 1. The molecule has 0 radical (unpaired) electrons. The van der Waals surface area contributed by atoms with Crippen molar-refractivity contribution in [1.82, 2.24) is 0 Å². The lowest BCUT2D eigenvalue weighted by molar-refractivity contribution is 0.0699. The van der Waals surface area contributed by atoms with Gasteiger partial charge in [0.15, 0.2) is 0 Å². The SMILES string of the molecule is O=C(O)c1cc(CCO)cc2ccccc12. The highest BCUT2D eigenvalue weighted by Crippen LogP contribution is 2.21. The molecule has 0 aliphatic carbocycles. The number of benzene rings is 2. The van der Waals surface area contributed by atoms with Crippen LogP contribution in [0.4, 0.5) is 0 Å². The predicted octanol–water partition coefficient (Wildman–Crippen LogP) is 2.07. The van der Waals surface area contributed by atoms with E-state index in [1.807, 2.05) is 24.3 Å². The Hall–Kier alpha value is -1.87. The molecule has 0 spiro atoms. The first-order valence-electron chi connectivity index (χ1n) is 5.08. The second kappa shape index (κ2) is 4.33. The molecule has 0 aliphatic rings. The van der Waals surface area contributed by atoms with Crippen LogP contribution in [0, 0.1) is 0 Å². The van der Waals surface area contributed by atoms with Crippen LogP contribution in [0.1, 0.15) is 15.9 Å². The highest BCUT2D eigenvalue weighted by atomic mass is 16.4. The summed E-state index contributed by atoms with van der Waals surface area (Å²) in [4.78, 5) is 11.1. The molecular formula is C13H12O3. The van der Waals surface area contributed by atoms with Crippen molar-refractivity contribution in [2.24, 2.45) is 0 Å². The molecule has 0 bridgehead atoms. The topological polar surface area (TPSA) is 57.5 Å². The van der Waals surface area contributed by atoms with Crippen molar-refractivity contribution in [3.8, 4) is 0 Å². The van der Waals surface area contributed by atoms with E-state index in [1.165, 1.54) is 0 Å². The van der Waals surface area contributed by atoms with Crippen molar-refractivity contribution in [3.63, 3.8) is 0 Å². The number of fused-ring (bicyclic) bond motifs is 1. The Morgan fingerprint density at radius 3 is 2.62 bits per heavy atom. The van der Waals surface area contributed by atoms with Crippen LogP contribution in [0.25, 0.3) is 10.8 Å². The summed E-state index contributed by atoms with van der Waals surface area (Å²) in [6.07, 6.45) is 0.477. The second-order valence-electron chi connectivity index (χ2n) is 3.64. The van der Waals surface area contributed by atoms with Gasteiger partial charge in [0.2, 0.25) is 0 Å². The molecule has 0 aromatic heterocycles. The van der Waals surface area contributed by atoms with E-state index in [0.717, 1.165) is 16.3 Å². The summed E-state index contributed by atoms with van der Waals surface area (Å²) in [5.41, 5.74) is 1.14. The van der Waals surface area contributed by atoms with Gasteiger partial charge in [0.05, 0.1) is 5.56 Å². The van der Waals surface area contributed by atoms with Crippen molar-refractivity contribution in [2.75, 3.05) is 6.61 Å². The number of carboxylic acid groups (broad SMARTS) is 1. The second-order valence-corrected chi connectivity index (χ2v) is 3.64. The molecule has 2 aromatic carbocycles. The van der Waals surface area contributed by atoms with Crippen molar-refractivity contribution < 1.29 is 15.0 Å². The van der Waals surface area contributed by atoms with Gasteiger partial charge in [-0.05, 0) is 28.8 Å². The van der Waals surface area contributed by atoms with E-state index in [9.17, 15) is 4.79 Å². The molecule has 0 fully saturated rings. The van der Waals surface area contributed by atoms with Gasteiger partial charge in [-0.1, -0.05) is 30.3 Å². The number of aromatic carboxylic acids is 1. The molecule has 0 heterocycles. The minimum Gasteiger partial charge on any atom is -0.478 e. The Morgan fingerprint density at radius 1 is 1.19 bits per heavy atom. The van der Waals surface area contributed by atoms with Crippen LogP contribution in [-0.2, 0) is 6.42 Å². The van der Waals surface area contributed by atoms with Crippen LogP contribution in [0.15, 0.2) is 36.4 Å². The van der Waals surface area contributed by atoms with Gasteiger partial charge < -0.3 is 10.2 Å². The van der Waals surface area contributed by atoms with Crippen LogP contribution < -0.4 is 0 Å². The first kappa shape index (κ1) is 10.6. The molecule has 3 nitrogen and oxygen atoms in total. The summed E-state index contributed by atoms with van der Waals surface area (Å²) >= 11 is 0. The molecule has 2 rings (SSSR count). The van der Waals surface area contributed by atoms with Gasteiger partial charge in [-0.2, -0.15) is 0 Å². The molecule has 2 N–H and O–H groups in total. The number of carbonyl (C=O) groups is 1. The lowest BCUT2D eigenvalue weighted by atomic mass is 9.99.